The third kappa shape index (κ3) is 3.20. The number of ether oxygens (including phenoxy) is 1. The van der Waals surface area contributed by atoms with Crippen molar-refractivity contribution in [3.63, 3.8) is 0 Å². The SMILES string of the molecule is CC1CN(c2ccc([C@@H](C)O)cc2)CCCO1. The molecule has 0 radical (unpaired) electrons. The van der Waals surface area contributed by atoms with Crippen LogP contribution in [0.3, 0.4) is 0 Å². The van der Waals surface area contributed by atoms with Crippen molar-refractivity contribution in [3.8, 4) is 0 Å². The van der Waals surface area contributed by atoms with Gasteiger partial charge in [-0.2, -0.15) is 0 Å². The number of anilines is 1. The van der Waals surface area contributed by atoms with Gasteiger partial charge in [0.1, 0.15) is 0 Å². The Morgan fingerprint density at radius 1 is 1.35 bits per heavy atom. The molecule has 94 valence electrons. The van der Waals surface area contributed by atoms with E-state index in [9.17, 15) is 5.11 Å². The Hall–Kier alpha value is -1.06. The highest BCUT2D eigenvalue weighted by atomic mass is 16.5. The van der Waals surface area contributed by atoms with E-state index in [0.717, 1.165) is 31.7 Å². The zero-order chi connectivity index (χ0) is 12.3. The molecule has 17 heavy (non-hydrogen) atoms. The van der Waals surface area contributed by atoms with Crippen LogP contribution < -0.4 is 4.90 Å². The number of hydrogen-bond donors (Lipinski definition) is 1. The second kappa shape index (κ2) is 5.52. The molecule has 3 nitrogen and oxygen atoms in total. The molecule has 1 N–H and O–H groups in total. The van der Waals surface area contributed by atoms with E-state index in [1.54, 1.807) is 6.92 Å². The molecule has 1 aromatic rings. The van der Waals surface area contributed by atoms with Gasteiger partial charge in [-0.25, -0.2) is 0 Å². The van der Waals surface area contributed by atoms with Gasteiger partial charge >= 0.3 is 0 Å². The Balaban J connectivity index is 2.10. The van der Waals surface area contributed by atoms with Crippen molar-refractivity contribution in [1.29, 1.82) is 0 Å². The van der Waals surface area contributed by atoms with E-state index in [-0.39, 0.29) is 6.10 Å². The van der Waals surface area contributed by atoms with Crippen molar-refractivity contribution in [2.45, 2.75) is 32.5 Å². The van der Waals surface area contributed by atoms with E-state index in [0.29, 0.717) is 0 Å². The number of hydrogen-bond acceptors (Lipinski definition) is 3. The van der Waals surface area contributed by atoms with Crippen LogP contribution in [0, 0.1) is 0 Å². The Kier molecular flexibility index (Phi) is 4.02. The van der Waals surface area contributed by atoms with Crippen LogP contribution in [0.25, 0.3) is 0 Å². The Morgan fingerprint density at radius 3 is 2.71 bits per heavy atom. The minimum atomic E-state index is -0.393. The predicted molar refractivity (Wildman–Crippen MR) is 69.3 cm³/mol. The molecule has 1 aliphatic heterocycles. The van der Waals surface area contributed by atoms with Crippen LogP contribution in [-0.2, 0) is 4.74 Å². The molecule has 0 spiro atoms. The van der Waals surface area contributed by atoms with Crippen LogP contribution in [0.5, 0.6) is 0 Å². The summed E-state index contributed by atoms with van der Waals surface area (Å²) >= 11 is 0. The smallest absolute Gasteiger partial charge is 0.0761 e. The molecule has 1 aromatic carbocycles. The first-order chi connectivity index (χ1) is 8.16. The van der Waals surface area contributed by atoms with Crippen molar-refractivity contribution in [1.82, 2.24) is 0 Å². The minimum Gasteiger partial charge on any atom is -0.389 e. The summed E-state index contributed by atoms with van der Waals surface area (Å²) in [6, 6.07) is 8.16. The number of nitrogens with zero attached hydrogens (tertiary/aromatic N) is 1. The van der Waals surface area contributed by atoms with Gasteiger partial charge < -0.3 is 14.7 Å². The Labute approximate surface area is 103 Å². The molecule has 0 saturated carbocycles. The van der Waals surface area contributed by atoms with Crippen molar-refractivity contribution >= 4 is 5.69 Å². The van der Waals surface area contributed by atoms with Gasteiger partial charge in [-0.1, -0.05) is 12.1 Å². The van der Waals surface area contributed by atoms with Crippen LogP contribution in [0.2, 0.25) is 0 Å². The first kappa shape index (κ1) is 12.4. The highest BCUT2D eigenvalue weighted by Crippen LogP contribution is 2.21. The average Bonchev–Trinajstić information content (AvgIpc) is 2.54. The molecule has 1 saturated heterocycles. The molecular formula is C14H21NO2. The van der Waals surface area contributed by atoms with E-state index in [2.05, 4.69) is 24.0 Å². The first-order valence-corrected chi connectivity index (χ1v) is 6.31. The molecule has 0 aliphatic carbocycles. The van der Waals surface area contributed by atoms with Gasteiger partial charge in [0, 0.05) is 25.4 Å². The van der Waals surface area contributed by atoms with Crippen molar-refractivity contribution in [3.05, 3.63) is 29.8 Å². The Bertz CT molecular complexity index is 348. The molecule has 1 aliphatic rings. The maximum atomic E-state index is 9.48. The molecule has 2 rings (SSSR count). The summed E-state index contributed by atoms with van der Waals surface area (Å²) in [6.45, 7) is 6.73. The zero-order valence-corrected chi connectivity index (χ0v) is 10.6. The molecule has 2 atom stereocenters. The maximum Gasteiger partial charge on any atom is 0.0761 e. The third-order valence-electron chi connectivity index (χ3n) is 3.19. The number of aliphatic hydroxyl groups is 1. The molecule has 1 unspecified atom stereocenters. The molecule has 0 bridgehead atoms. The number of rotatable bonds is 2. The van der Waals surface area contributed by atoms with Crippen LogP contribution in [0.15, 0.2) is 24.3 Å². The average molecular weight is 235 g/mol. The fraction of sp³-hybridized carbons (Fsp3) is 0.571. The van der Waals surface area contributed by atoms with Gasteiger partial charge in [-0.05, 0) is 38.0 Å². The van der Waals surface area contributed by atoms with Gasteiger partial charge in [0.15, 0.2) is 0 Å². The second-order valence-corrected chi connectivity index (χ2v) is 4.75. The number of aliphatic hydroxyl groups excluding tert-OH is 1. The number of benzene rings is 1. The summed E-state index contributed by atoms with van der Waals surface area (Å²) in [5, 5.41) is 9.48. The van der Waals surface area contributed by atoms with E-state index in [4.69, 9.17) is 4.74 Å². The Morgan fingerprint density at radius 2 is 2.06 bits per heavy atom. The summed E-state index contributed by atoms with van der Waals surface area (Å²) in [7, 11) is 0. The summed E-state index contributed by atoms with van der Waals surface area (Å²) in [4.78, 5) is 2.35. The van der Waals surface area contributed by atoms with Crippen LogP contribution in [0.1, 0.15) is 31.9 Å². The van der Waals surface area contributed by atoms with Crippen molar-refractivity contribution < 1.29 is 9.84 Å². The molecule has 1 heterocycles. The van der Waals surface area contributed by atoms with Crippen LogP contribution >= 0.6 is 0 Å². The minimum absolute atomic E-state index is 0.286. The molecule has 0 aromatic heterocycles. The van der Waals surface area contributed by atoms with E-state index < -0.39 is 6.10 Å². The zero-order valence-electron chi connectivity index (χ0n) is 10.6. The van der Waals surface area contributed by atoms with Gasteiger partial charge in [0.2, 0.25) is 0 Å². The van der Waals surface area contributed by atoms with Crippen LogP contribution in [0.4, 0.5) is 5.69 Å². The quantitative estimate of drug-likeness (QED) is 0.854. The normalized spacial score (nSPS) is 23.2. The predicted octanol–water partition coefficient (Wildman–Crippen LogP) is 2.36. The maximum absolute atomic E-state index is 9.48. The van der Waals surface area contributed by atoms with E-state index in [1.807, 2.05) is 12.1 Å². The topological polar surface area (TPSA) is 32.7 Å². The largest absolute Gasteiger partial charge is 0.389 e. The first-order valence-electron chi connectivity index (χ1n) is 6.31. The highest BCUT2D eigenvalue weighted by Gasteiger charge is 2.15. The van der Waals surface area contributed by atoms with Crippen LogP contribution in [-0.4, -0.2) is 30.9 Å². The summed E-state index contributed by atoms with van der Waals surface area (Å²) in [5.74, 6) is 0. The van der Waals surface area contributed by atoms with Gasteiger partial charge in [-0.15, -0.1) is 0 Å². The molecule has 1 fully saturated rings. The fourth-order valence-corrected chi connectivity index (χ4v) is 2.19. The van der Waals surface area contributed by atoms with E-state index >= 15 is 0 Å². The lowest BCUT2D eigenvalue weighted by molar-refractivity contribution is 0.0821. The second-order valence-electron chi connectivity index (χ2n) is 4.75. The lowest BCUT2D eigenvalue weighted by Gasteiger charge is -2.24. The molecular weight excluding hydrogens is 214 g/mol. The monoisotopic (exact) mass is 235 g/mol. The lowest BCUT2D eigenvalue weighted by atomic mass is 10.1. The van der Waals surface area contributed by atoms with E-state index in [1.165, 1.54) is 5.69 Å². The van der Waals surface area contributed by atoms with Crippen molar-refractivity contribution in [2.75, 3.05) is 24.6 Å². The lowest BCUT2D eigenvalue weighted by Crippen LogP contribution is -2.29. The standard InChI is InChI=1S/C14H21NO2/c1-11-10-15(8-3-9-17-11)14-6-4-13(5-7-14)12(2)16/h4-7,11-12,16H,3,8-10H2,1-2H3/t11?,12-/m1/s1. The van der Waals surface area contributed by atoms with Gasteiger partial charge in [0.05, 0.1) is 12.2 Å². The highest BCUT2D eigenvalue weighted by molar-refractivity contribution is 5.48. The molecule has 0 amide bonds. The summed E-state index contributed by atoms with van der Waals surface area (Å²) < 4.78 is 5.63. The summed E-state index contributed by atoms with van der Waals surface area (Å²) in [6.07, 6.45) is 0.965. The fourth-order valence-electron chi connectivity index (χ4n) is 2.19. The third-order valence-corrected chi connectivity index (χ3v) is 3.19. The van der Waals surface area contributed by atoms with Gasteiger partial charge in [-0.3, -0.25) is 0 Å². The van der Waals surface area contributed by atoms with Crippen molar-refractivity contribution in [2.24, 2.45) is 0 Å². The summed E-state index contributed by atoms with van der Waals surface area (Å²) in [5.41, 5.74) is 2.18. The molecule has 3 heteroatoms. The van der Waals surface area contributed by atoms with Gasteiger partial charge in [0.25, 0.3) is 0 Å².